The third kappa shape index (κ3) is 3.59. The molecule has 14 heteroatoms. The second kappa shape index (κ2) is 8.57. The molecule has 11 nitrogen and oxygen atoms in total. The Morgan fingerprint density at radius 1 is 0.788 bits per heavy atom. The van der Waals surface area contributed by atoms with Gasteiger partial charge in [0.1, 0.15) is 28.6 Å². The minimum absolute atomic E-state index is 0.469. The van der Waals surface area contributed by atoms with E-state index in [0.29, 0.717) is 46.0 Å². The number of anilines is 1. The van der Waals surface area contributed by atoms with Crippen LogP contribution in [0.15, 0.2) is 64.1 Å². The summed E-state index contributed by atoms with van der Waals surface area (Å²) < 4.78 is 12.6. The van der Waals surface area contributed by atoms with Crippen LogP contribution in [-0.4, -0.2) is 49.2 Å². The molecular formula is C19H11N11S3. The van der Waals surface area contributed by atoms with E-state index in [1.54, 1.807) is 30.2 Å². The molecule has 33 heavy (non-hydrogen) atoms. The molecule has 0 saturated heterocycles. The zero-order chi connectivity index (χ0) is 22.0. The smallest absolute Gasteiger partial charge is 0.193 e. The monoisotopic (exact) mass is 489 g/mol. The molecule has 0 spiro atoms. The number of hydrogen-bond donors (Lipinski definition) is 0. The maximum Gasteiger partial charge on any atom is 0.193 e. The van der Waals surface area contributed by atoms with Crippen molar-refractivity contribution in [3.8, 4) is 0 Å². The molecule has 1 unspecified atom stereocenters. The van der Waals surface area contributed by atoms with Gasteiger partial charge in [0.2, 0.25) is 0 Å². The van der Waals surface area contributed by atoms with Crippen LogP contribution in [0.2, 0.25) is 0 Å². The van der Waals surface area contributed by atoms with E-state index < -0.39 is 6.04 Å². The highest BCUT2D eigenvalue weighted by atomic mass is 32.1. The van der Waals surface area contributed by atoms with Crippen LogP contribution in [-0.2, 0) is 0 Å². The minimum atomic E-state index is -0.552. The maximum atomic E-state index is 5.04. The van der Waals surface area contributed by atoms with Gasteiger partial charge in [-0.1, -0.05) is 15.0 Å². The van der Waals surface area contributed by atoms with Crippen molar-refractivity contribution in [1.82, 2.24) is 43.5 Å². The highest BCUT2D eigenvalue weighted by Gasteiger charge is 2.41. The Bertz CT molecular complexity index is 1400. The number of pyridine rings is 1. The van der Waals surface area contributed by atoms with E-state index >= 15 is 0 Å². The van der Waals surface area contributed by atoms with Crippen molar-refractivity contribution in [1.29, 1.82) is 0 Å². The van der Waals surface area contributed by atoms with E-state index in [0.717, 1.165) is 0 Å². The van der Waals surface area contributed by atoms with Crippen molar-refractivity contribution in [2.75, 3.05) is 4.90 Å². The molecular weight excluding hydrogens is 478 g/mol. The van der Waals surface area contributed by atoms with Gasteiger partial charge in [-0.05, 0) is 52.8 Å². The SMILES string of the molecule is c1ccc(C2=NC(c3ncsn3)=C(c3csnn3)N(c3csnn3)C2c2ncccn2)nc1. The maximum absolute atomic E-state index is 5.04. The number of rotatable bonds is 5. The molecule has 0 fully saturated rings. The lowest BCUT2D eigenvalue weighted by atomic mass is 9.99. The fraction of sp³-hybridized carbons (Fsp3) is 0.0526. The molecule has 1 aliphatic heterocycles. The van der Waals surface area contributed by atoms with Crippen LogP contribution >= 0.6 is 34.6 Å². The Hall–Kier alpha value is -3.88. The van der Waals surface area contributed by atoms with Crippen LogP contribution in [0.25, 0.3) is 11.4 Å². The molecule has 6 rings (SSSR count). The largest absolute Gasteiger partial charge is 0.303 e. The van der Waals surface area contributed by atoms with Crippen molar-refractivity contribution >= 4 is 57.5 Å². The van der Waals surface area contributed by atoms with Crippen LogP contribution in [0.3, 0.4) is 0 Å². The van der Waals surface area contributed by atoms with Crippen molar-refractivity contribution in [2.24, 2.45) is 4.99 Å². The lowest BCUT2D eigenvalue weighted by molar-refractivity contribution is 0.784. The van der Waals surface area contributed by atoms with Crippen LogP contribution in [0, 0.1) is 0 Å². The summed E-state index contributed by atoms with van der Waals surface area (Å²) in [6.45, 7) is 0. The molecule has 0 saturated carbocycles. The van der Waals surface area contributed by atoms with Gasteiger partial charge in [0.05, 0.1) is 16.8 Å². The van der Waals surface area contributed by atoms with Gasteiger partial charge in [0.15, 0.2) is 17.5 Å². The first-order chi connectivity index (χ1) is 16.4. The summed E-state index contributed by atoms with van der Waals surface area (Å²) >= 11 is 3.72. The van der Waals surface area contributed by atoms with Crippen LogP contribution in [0.5, 0.6) is 0 Å². The normalized spacial score (nSPS) is 16.2. The van der Waals surface area contributed by atoms with Gasteiger partial charge in [-0.15, -0.1) is 10.2 Å². The molecule has 0 bridgehead atoms. The summed E-state index contributed by atoms with van der Waals surface area (Å²) in [5.74, 6) is 1.59. The Labute approximate surface area is 198 Å². The number of aliphatic imine (C=N–C) groups is 1. The van der Waals surface area contributed by atoms with Gasteiger partial charge in [-0.3, -0.25) is 4.98 Å². The predicted octanol–water partition coefficient (Wildman–Crippen LogP) is 3.00. The van der Waals surface area contributed by atoms with E-state index in [2.05, 4.69) is 43.5 Å². The van der Waals surface area contributed by atoms with Gasteiger partial charge in [-0.2, -0.15) is 4.37 Å². The van der Waals surface area contributed by atoms with E-state index in [1.807, 2.05) is 33.9 Å². The van der Waals surface area contributed by atoms with Crippen molar-refractivity contribution < 1.29 is 0 Å². The van der Waals surface area contributed by atoms with Crippen LogP contribution in [0.4, 0.5) is 5.82 Å². The third-order valence-corrected chi connectivity index (χ3v) is 6.22. The lowest BCUT2D eigenvalue weighted by Gasteiger charge is -2.36. The van der Waals surface area contributed by atoms with Gasteiger partial charge < -0.3 is 4.90 Å². The molecule has 0 aliphatic carbocycles. The van der Waals surface area contributed by atoms with Crippen LogP contribution in [0.1, 0.15) is 29.1 Å². The molecule has 1 aliphatic rings. The Balaban J connectivity index is 1.70. The molecule has 0 amide bonds. The summed E-state index contributed by atoms with van der Waals surface area (Å²) in [7, 11) is 0. The van der Waals surface area contributed by atoms with Crippen molar-refractivity contribution in [3.63, 3.8) is 0 Å². The molecule has 0 N–H and O–H groups in total. The fourth-order valence-corrected chi connectivity index (χ4v) is 4.76. The number of aromatic nitrogens is 9. The molecule has 6 heterocycles. The highest BCUT2D eigenvalue weighted by Crippen LogP contribution is 2.43. The molecule has 5 aromatic rings. The van der Waals surface area contributed by atoms with Gasteiger partial charge in [0, 0.05) is 24.0 Å². The quantitative estimate of drug-likeness (QED) is 0.363. The summed E-state index contributed by atoms with van der Waals surface area (Å²) in [5.41, 5.74) is 4.76. The standard InChI is InChI=1S/C19H11N11S3/c1-2-5-20-11(4-1)14-17(19-21-6-3-7-22-19)30(13-9-32-29-26-13)16(12-8-31-28-25-12)15(24-14)18-23-10-33-27-18/h1-10,17H. The first kappa shape index (κ1) is 19.8. The lowest BCUT2D eigenvalue weighted by Crippen LogP contribution is -2.38. The molecule has 160 valence electrons. The first-order valence-electron chi connectivity index (χ1n) is 9.52. The Kier molecular flexibility index (Phi) is 5.14. The average Bonchev–Trinajstić information content (AvgIpc) is 3.67. The van der Waals surface area contributed by atoms with Crippen molar-refractivity contribution in [3.05, 3.63) is 82.2 Å². The number of hydrogen-bond acceptors (Lipinski definition) is 14. The van der Waals surface area contributed by atoms with E-state index in [1.165, 1.54) is 34.6 Å². The topological polar surface area (TPSA) is 132 Å². The molecule has 0 radical (unpaired) electrons. The molecule has 0 aromatic carbocycles. The first-order valence-corrected chi connectivity index (χ1v) is 12.0. The zero-order valence-electron chi connectivity index (χ0n) is 16.5. The second-order valence-corrected chi connectivity index (χ2v) is 8.42. The predicted molar refractivity (Wildman–Crippen MR) is 125 cm³/mol. The third-order valence-electron chi connectivity index (χ3n) is 4.74. The second-order valence-electron chi connectivity index (χ2n) is 6.60. The fourth-order valence-electron chi connectivity index (χ4n) is 3.46. The summed E-state index contributed by atoms with van der Waals surface area (Å²) in [5, 5.41) is 12.4. The van der Waals surface area contributed by atoms with E-state index in [9.17, 15) is 0 Å². The van der Waals surface area contributed by atoms with Crippen LogP contribution < -0.4 is 4.90 Å². The summed E-state index contributed by atoms with van der Waals surface area (Å²) in [6.07, 6.45) is 5.11. The molecule has 5 aromatic heterocycles. The van der Waals surface area contributed by atoms with E-state index in [-0.39, 0.29) is 0 Å². The van der Waals surface area contributed by atoms with Gasteiger partial charge >= 0.3 is 0 Å². The summed E-state index contributed by atoms with van der Waals surface area (Å²) in [4.78, 5) is 25.1. The average molecular weight is 490 g/mol. The minimum Gasteiger partial charge on any atom is -0.303 e. The molecule has 1 atom stereocenters. The summed E-state index contributed by atoms with van der Waals surface area (Å²) in [6, 6.07) is 6.88. The Morgan fingerprint density at radius 2 is 1.64 bits per heavy atom. The highest BCUT2D eigenvalue weighted by molar-refractivity contribution is 7.04. The number of nitrogens with zero attached hydrogens (tertiary/aromatic N) is 11. The Morgan fingerprint density at radius 3 is 2.33 bits per heavy atom. The van der Waals surface area contributed by atoms with Crippen molar-refractivity contribution in [2.45, 2.75) is 6.04 Å². The van der Waals surface area contributed by atoms with Gasteiger partial charge in [-0.25, -0.2) is 19.9 Å². The zero-order valence-corrected chi connectivity index (χ0v) is 18.9. The van der Waals surface area contributed by atoms with E-state index in [4.69, 9.17) is 4.99 Å². The van der Waals surface area contributed by atoms with Gasteiger partial charge in [0.25, 0.3) is 0 Å².